The molecule has 1 saturated heterocycles. The van der Waals surface area contributed by atoms with Gasteiger partial charge in [0.25, 0.3) is 0 Å². The Bertz CT molecular complexity index is 567. The van der Waals surface area contributed by atoms with Crippen LogP contribution in [0.4, 0.5) is 0 Å². The van der Waals surface area contributed by atoms with Gasteiger partial charge in [-0.2, -0.15) is 0 Å². The second-order valence-corrected chi connectivity index (χ2v) is 6.27. The summed E-state index contributed by atoms with van der Waals surface area (Å²) in [6, 6.07) is 5.81. The number of benzene rings is 1. The van der Waals surface area contributed by atoms with Gasteiger partial charge in [-0.25, -0.2) is 0 Å². The van der Waals surface area contributed by atoms with Gasteiger partial charge >= 0.3 is 0 Å². The monoisotopic (exact) mass is 288 g/mol. The minimum Gasteiger partial charge on any atom is -0.454 e. The topological polar surface area (TPSA) is 59.6 Å². The van der Waals surface area contributed by atoms with Crippen molar-refractivity contribution in [1.29, 1.82) is 0 Å². The van der Waals surface area contributed by atoms with Gasteiger partial charge in [-0.1, -0.05) is 6.07 Å². The van der Waals surface area contributed by atoms with Gasteiger partial charge in [0, 0.05) is 12.5 Å². The number of fused-ring (bicyclic) bond motifs is 1. The fraction of sp³-hybridized carbons (Fsp3) is 0.562. The Kier molecular flexibility index (Phi) is 3.03. The third kappa shape index (κ3) is 2.35. The minimum absolute atomic E-state index is 0.203. The highest BCUT2D eigenvalue weighted by Crippen LogP contribution is 2.58. The number of hydrogen-bond donors (Lipinski definition) is 2. The summed E-state index contributed by atoms with van der Waals surface area (Å²) in [5, 5.41) is 6.43. The third-order valence-electron chi connectivity index (χ3n) is 5.01. The van der Waals surface area contributed by atoms with E-state index in [0.29, 0.717) is 12.0 Å². The number of hydrogen-bond acceptors (Lipinski definition) is 4. The van der Waals surface area contributed by atoms with Gasteiger partial charge in [-0.05, 0) is 55.5 Å². The molecule has 1 amide bonds. The smallest absolute Gasteiger partial charge is 0.231 e. The van der Waals surface area contributed by atoms with E-state index in [9.17, 15) is 4.79 Å². The van der Waals surface area contributed by atoms with Crippen molar-refractivity contribution in [3.63, 3.8) is 0 Å². The number of amides is 1. The lowest BCUT2D eigenvalue weighted by molar-refractivity contribution is -0.123. The van der Waals surface area contributed by atoms with Crippen LogP contribution in [-0.4, -0.2) is 25.8 Å². The van der Waals surface area contributed by atoms with Crippen molar-refractivity contribution in [2.75, 3.05) is 19.9 Å². The normalized spacial score (nSPS) is 24.9. The second-order valence-electron chi connectivity index (χ2n) is 6.27. The lowest BCUT2D eigenvalue weighted by Gasteiger charge is -2.23. The molecular weight excluding hydrogens is 268 g/mol. The average molecular weight is 288 g/mol. The highest BCUT2D eigenvalue weighted by Gasteiger charge is 2.57. The summed E-state index contributed by atoms with van der Waals surface area (Å²) in [7, 11) is 0. The van der Waals surface area contributed by atoms with Crippen molar-refractivity contribution in [1.82, 2.24) is 10.6 Å². The summed E-state index contributed by atoms with van der Waals surface area (Å²) >= 11 is 0. The van der Waals surface area contributed by atoms with Gasteiger partial charge in [0.05, 0.1) is 0 Å². The summed E-state index contributed by atoms with van der Waals surface area (Å²) in [6.45, 7) is 2.93. The van der Waals surface area contributed by atoms with Crippen LogP contribution in [-0.2, 0) is 11.3 Å². The number of ether oxygens (including phenoxy) is 2. The quantitative estimate of drug-likeness (QED) is 0.883. The Hall–Kier alpha value is -1.75. The highest BCUT2D eigenvalue weighted by atomic mass is 16.7. The Morgan fingerprint density at radius 2 is 2.10 bits per heavy atom. The molecule has 2 aliphatic heterocycles. The summed E-state index contributed by atoms with van der Waals surface area (Å²) in [6.07, 6.45) is 3.33. The molecule has 1 aromatic carbocycles. The molecule has 1 unspecified atom stereocenters. The van der Waals surface area contributed by atoms with Crippen LogP contribution in [0.25, 0.3) is 0 Å². The zero-order chi connectivity index (χ0) is 14.3. The van der Waals surface area contributed by atoms with Gasteiger partial charge in [0.2, 0.25) is 12.7 Å². The lowest BCUT2D eigenvalue weighted by Crippen LogP contribution is -2.33. The zero-order valence-corrected chi connectivity index (χ0v) is 12.0. The van der Waals surface area contributed by atoms with E-state index in [2.05, 4.69) is 10.6 Å². The molecule has 1 aliphatic carbocycles. The third-order valence-corrected chi connectivity index (χ3v) is 5.01. The van der Waals surface area contributed by atoms with E-state index in [4.69, 9.17) is 9.47 Å². The first-order valence-corrected chi connectivity index (χ1v) is 7.64. The summed E-state index contributed by atoms with van der Waals surface area (Å²) in [5.74, 6) is 1.96. The van der Waals surface area contributed by atoms with Crippen LogP contribution < -0.4 is 20.1 Å². The fourth-order valence-electron chi connectivity index (χ4n) is 3.56. The summed E-state index contributed by atoms with van der Waals surface area (Å²) in [5.41, 5.74) is 1.34. The van der Waals surface area contributed by atoms with Gasteiger partial charge in [0.1, 0.15) is 0 Å². The van der Waals surface area contributed by atoms with E-state index >= 15 is 0 Å². The van der Waals surface area contributed by atoms with E-state index in [0.717, 1.165) is 49.4 Å². The van der Waals surface area contributed by atoms with Crippen LogP contribution in [0.5, 0.6) is 11.5 Å². The predicted octanol–water partition coefficient (Wildman–Crippen LogP) is 1.42. The first kappa shape index (κ1) is 13.0. The zero-order valence-electron chi connectivity index (χ0n) is 12.0. The first-order valence-electron chi connectivity index (χ1n) is 7.64. The van der Waals surface area contributed by atoms with E-state index in [1.165, 1.54) is 0 Å². The first-order chi connectivity index (χ1) is 10.3. The molecular formula is C16H20N2O3. The fourth-order valence-corrected chi connectivity index (χ4v) is 3.56. The van der Waals surface area contributed by atoms with Crippen molar-refractivity contribution in [2.45, 2.75) is 25.8 Å². The molecule has 2 fully saturated rings. The second kappa shape index (κ2) is 4.91. The predicted molar refractivity (Wildman–Crippen MR) is 77.1 cm³/mol. The van der Waals surface area contributed by atoms with Crippen LogP contribution in [0.2, 0.25) is 0 Å². The Labute approximate surface area is 124 Å². The molecule has 3 aliphatic rings. The summed E-state index contributed by atoms with van der Waals surface area (Å²) < 4.78 is 10.6. The van der Waals surface area contributed by atoms with E-state index < -0.39 is 0 Å². The van der Waals surface area contributed by atoms with Gasteiger partial charge < -0.3 is 20.1 Å². The van der Waals surface area contributed by atoms with Gasteiger partial charge in [-0.15, -0.1) is 0 Å². The van der Waals surface area contributed by atoms with Crippen LogP contribution in [0.1, 0.15) is 24.8 Å². The van der Waals surface area contributed by atoms with Crippen LogP contribution in [0.3, 0.4) is 0 Å². The molecule has 1 aromatic rings. The molecule has 1 atom stereocenters. The minimum atomic E-state index is 0.203. The number of rotatable bonds is 3. The van der Waals surface area contributed by atoms with Crippen molar-refractivity contribution in [3.05, 3.63) is 23.8 Å². The largest absolute Gasteiger partial charge is 0.454 e. The van der Waals surface area contributed by atoms with Crippen LogP contribution in [0, 0.1) is 11.3 Å². The highest BCUT2D eigenvalue weighted by molar-refractivity contribution is 5.82. The number of carbonyl (C=O) groups is 1. The Morgan fingerprint density at radius 3 is 2.95 bits per heavy atom. The number of carbonyl (C=O) groups excluding carboxylic acids is 1. The SMILES string of the molecule is O=C(NCc1ccc2c(c1)OCO2)C1CC12CCNCC2. The molecule has 5 nitrogen and oxygen atoms in total. The molecule has 2 heterocycles. The molecule has 0 aromatic heterocycles. The Morgan fingerprint density at radius 1 is 1.29 bits per heavy atom. The van der Waals surface area contributed by atoms with Crippen LogP contribution in [0.15, 0.2) is 18.2 Å². The van der Waals surface area contributed by atoms with E-state index in [-0.39, 0.29) is 18.6 Å². The molecule has 0 bridgehead atoms. The molecule has 112 valence electrons. The molecule has 5 heteroatoms. The molecule has 1 spiro atoms. The van der Waals surface area contributed by atoms with Crippen molar-refractivity contribution < 1.29 is 14.3 Å². The van der Waals surface area contributed by atoms with Gasteiger partial charge in [0.15, 0.2) is 11.5 Å². The summed E-state index contributed by atoms with van der Waals surface area (Å²) in [4.78, 5) is 12.3. The van der Waals surface area contributed by atoms with Crippen LogP contribution >= 0.6 is 0 Å². The van der Waals surface area contributed by atoms with E-state index in [1.807, 2.05) is 18.2 Å². The molecule has 2 N–H and O–H groups in total. The lowest BCUT2D eigenvalue weighted by atomic mass is 9.92. The maximum absolute atomic E-state index is 12.3. The number of piperidine rings is 1. The molecule has 21 heavy (non-hydrogen) atoms. The van der Waals surface area contributed by atoms with E-state index in [1.54, 1.807) is 0 Å². The van der Waals surface area contributed by atoms with Crippen molar-refractivity contribution >= 4 is 5.91 Å². The maximum Gasteiger partial charge on any atom is 0.231 e. The maximum atomic E-state index is 12.3. The standard InChI is InChI=1S/C16H20N2O3/c19-15(12-8-16(12)3-5-17-6-4-16)18-9-11-1-2-13-14(7-11)21-10-20-13/h1-2,7,12,17H,3-6,8-10H2,(H,18,19). The molecule has 1 saturated carbocycles. The van der Waals surface area contributed by atoms with Gasteiger partial charge in [-0.3, -0.25) is 4.79 Å². The Balaban J connectivity index is 1.34. The number of nitrogens with one attached hydrogen (secondary N) is 2. The van der Waals surface area contributed by atoms with Crippen molar-refractivity contribution in [2.24, 2.45) is 11.3 Å². The molecule has 4 rings (SSSR count). The van der Waals surface area contributed by atoms with Crippen molar-refractivity contribution in [3.8, 4) is 11.5 Å². The average Bonchev–Trinajstić information content (AvgIpc) is 2.99. The molecule has 0 radical (unpaired) electrons.